The molecule has 2 N–H and O–H groups in total. The Kier molecular flexibility index (Phi) is 2.56. The third kappa shape index (κ3) is 1.75. The summed E-state index contributed by atoms with van der Waals surface area (Å²) in [4.78, 5) is 17.1. The van der Waals surface area contributed by atoms with Crippen molar-refractivity contribution >= 4 is 17.0 Å². The second-order valence-electron chi connectivity index (χ2n) is 3.65. The van der Waals surface area contributed by atoms with Crippen molar-refractivity contribution in [2.45, 2.75) is 6.92 Å². The van der Waals surface area contributed by atoms with Gasteiger partial charge in [0.15, 0.2) is 5.65 Å². The van der Waals surface area contributed by atoms with E-state index in [1.54, 1.807) is 24.8 Å². The van der Waals surface area contributed by atoms with Crippen molar-refractivity contribution in [3.63, 3.8) is 0 Å². The standard InChI is InChI=1S/C11H11N7/c1-2-13-11-16-9(8-6-12-3-4-14-8)7-5-15-18-10(7)17-11/h3-6H,2H2,1H3,(H2,13,15,16,17,18). The van der Waals surface area contributed by atoms with E-state index in [4.69, 9.17) is 0 Å². The Bertz CT molecular complexity index is 661. The van der Waals surface area contributed by atoms with Crippen molar-refractivity contribution in [1.82, 2.24) is 30.1 Å². The van der Waals surface area contributed by atoms with E-state index in [0.29, 0.717) is 17.3 Å². The minimum atomic E-state index is 0.551. The summed E-state index contributed by atoms with van der Waals surface area (Å²) in [7, 11) is 0. The highest BCUT2D eigenvalue weighted by atomic mass is 15.2. The zero-order valence-corrected chi connectivity index (χ0v) is 9.75. The molecule has 3 aromatic rings. The van der Waals surface area contributed by atoms with Crippen molar-refractivity contribution in [2.24, 2.45) is 0 Å². The number of nitrogens with one attached hydrogen (secondary N) is 2. The van der Waals surface area contributed by atoms with Gasteiger partial charge in [0.2, 0.25) is 5.95 Å². The van der Waals surface area contributed by atoms with Gasteiger partial charge in [-0.05, 0) is 6.92 Å². The summed E-state index contributed by atoms with van der Waals surface area (Å²) in [6, 6.07) is 0. The van der Waals surface area contributed by atoms with Gasteiger partial charge in [0, 0.05) is 18.9 Å². The van der Waals surface area contributed by atoms with Crippen LogP contribution in [0.4, 0.5) is 5.95 Å². The molecule has 3 aromatic heterocycles. The predicted octanol–water partition coefficient (Wildman–Crippen LogP) is 1.24. The maximum absolute atomic E-state index is 4.45. The largest absolute Gasteiger partial charge is 0.354 e. The van der Waals surface area contributed by atoms with E-state index in [2.05, 4.69) is 35.5 Å². The Labute approximate surface area is 103 Å². The minimum absolute atomic E-state index is 0.551. The third-order valence-electron chi connectivity index (χ3n) is 2.45. The molecule has 0 spiro atoms. The summed E-state index contributed by atoms with van der Waals surface area (Å²) in [6.45, 7) is 2.74. The molecule has 0 radical (unpaired) electrons. The molecule has 0 atom stereocenters. The molecule has 0 saturated heterocycles. The zero-order valence-electron chi connectivity index (χ0n) is 9.75. The monoisotopic (exact) mass is 241 g/mol. The summed E-state index contributed by atoms with van der Waals surface area (Å²) < 4.78 is 0. The molecule has 0 aliphatic heterocycles. The number of nitrogens with zero attached hydrogens (tertiary/aromatic N) is 5. The maximum atomic E-state index is 4.45. The van der Waals surface area contributed by atoms with Crippen LogP contribution in [0.2, 0.25) is 0 Å². The molecule has 7 nitrogen and oxygen atoms in total. The molecule has 0 bridgehead atoms. The maximum Gasteiger partial charge on any atom is 0.225 e. The first-order valence-electron chi connectivity index (χ1n) is 5.60. The Balaban J connectivity index is 2.23. The highest BCUT2D eigenvalue weighted by Crippen LogP contribution is 2.23. The van der Waals surface area contributed by atoms with E-state index in [1.807, 2.05) is 6.92 Å². The number of hydrogen-bond acceptors (Lipinski definition) is 6. The molecular formula is C11H11N7. The quantitative estimate of drug-likeness (QED) is 0.716. The molecule has 3 rings (SSSR count). The summed E-state index contributed by atoms with van der Waals surface area (Å²) in [6.07, 6.45) is 6.62. The zero-order chi connectivity index (χ0) is 12.4. The Morgan fingerprint density at radius 2 is 2.17 bits per heavy atom. The number of aromatic amines is 1. The van der Waals surface area contributed by atoms with Crippen molar-refractivity contribution in [3.8, 4) is 11.4 Å². The number of rotatable bonds is 3. The molecule has 0 aromatic carbocycles. The van der Waals surface area contributed by atoms with Crippen molar-refractivity contribution in [3.05, 3.63) is 24.8 Å². The van der Waals surface area contributed by atoms with Gasteiger partial charge >= 0.3 is 0 Å². The van der Waals surface area contributed by atoms with E-state index in [1.165, 1.54) is 0 Å². The average Bonchev–Trinajstić information content (AvgIpc) is 2.87. The highest BCUT2D eigenvalue weighted by Gasteiger charge is 2.11. The SMILES string of the molecule is CCNc1nc(-c2cnccn2)c2cn[nH]c2n1. The topological polar surface area (TPSA) is 92.3 Å². The van der Waals surface area contributed by atoms with Crippen LogP contribution < -0.4 is 5.32 Å². The molecule has 0 unspecified atom stereocenters. The molecule has 0 aliphatic rings. The lowest BCUT2D eigenvalue weighted by Crippen LogP contribution is -2.03. The molecule has 0 saturated carbocycles. The normalized spacial score (nSPS) is 10.7. The van der Waals surface area contributed by atoms with Crippen molar-refractivity contribution in [2.75, 3.05) is 11.9 Å². The number of H-pyrrole nitrogens is 1. The van der Waals surface area contributed by atoms with Gasteiger partial charge in [-0.2, -0.15) is 10.1 Å². The summed E-state index contributed by atoms with van der Waals surface area (Å²) in [5, 5.41) is 10.7. The number of hydrogen-bond donors (Lipinski definition) is 2. The van der Waals surface area contributed by atoms with Crippen LogP contribution in [0.15, 0.2) is 24.8 Å². The second kappa shape index (κ2) is 4.36. The molecule has 0 fully saturated rings. The predicted molar refractivity (Wildman–Crippen MR) is 66.9 cm³/mol. The lowest BCUT2D eigenvalue weighted by atomic mass is 10.2. The smallest absolute Gasteiger partial charge is 0.225 e. The molecular weight excluding hydrogens is 230 g/mol. The van der Waals surface area contributed by atoms with Crippen molar-refractivity contribution < 1.29 is 0 Å². The van der Waals surface area contributed by atoms with Crippen LogP contribution in [-0.2, 0) is 0 Å². The molecule has 3 heterocycles. The fourth-order valence-corrected chi connectivity index (χ4v) is 1.69. The lowest BCUT2D eigenvalue weighted by molar-refractivity contribution is 1.07. The van der Waals surface area contributed by atoms with Crippen molar-refractivity contribution in [1.29, 1.82) is 0 Å². The van der Waals surface area contributed by atoms with Crippen LogP contribution in [0.25, 0.3) is 22.4 Å². The second-order valence-corrected chi connectivity index (χ2v) is 3.65. The van der Waals surface area contributed by atoms with Gasteiger partial charge in [-0.1, -0.05) is 0 Å². The van der Waals surface area contributed by atoms with Gasteiger partial charge in [-0.25, -0.2) is 4.98 Å². The van der Waals surface area contributed by atoms with Crippen LogP contribution >= 0.6 is 0 Å². The molecule has 18 heavy (non-hydrogen) atoms. The van der Waals surface area contributed by atoms with Crippen LogP contribution in [0.1, 0.15) is 6.92 Å². The van der Waals surface area contributed by atoms with Crippen LogP contribution in [0.5, 0.6) is 0 Å². The Hall–Kier alpha value is -2.57. The van der Waals surface area contributed by atoms with Crippen LogP contribution in [0, 0.1) is 0 Å². The highest BCUT2D eigenvalue weighted by molar-refractivity contribution is 5.89. The van der Waals surface area contributed by atoms with Gasteiger partial charge in [0.1, 0.15) is 11.4 Å². The van der Waals surface area contributed by atoms with E-state index >= 15 is 0 Å². The summed E-state index contributed by atoms with van der Waals surface area (Å²) in [5.74, 6) is 0.551. The van der Waals surface area contributed by atoms with Crippen LogP contribution in [0.3, 0.4) is 0 Å². The van der Waals surface area contributed by atoms with Gasteiger partial charge in [0.05, 0.1) is 17.8 Å². The lowest BCUT2D eigenvalue weighted by Gasteiger charge is -2.05. The Morgan fingerprint density at radius 3 is 2.94 bits per heavy atom. The molecule has 0 amide bonds. The summed E-state index contributed by atoms with van der Waals surface area (Å²) >= 11 is 0. The van der Waals surface area contributed by atoms with E-state index in [0.717, 1.165) is 17.6 Å². The van der Waals surface area contributed by atoms with E-state index in [9.17, 15) is 0 Å². The first kappa shape index (κ1) is 10.6. The fraction of sp³-hybridized carbons (Fsp3) is 0.182. The first-order chi connectivity index (χ1) is 8.88. The van der Waals surface area contributed by atoms with E-state index in [-0.39, 0.29) is 0 Å². The number of fused-ring (bicyclic) bond motifs is 1. The minimum Gasteiger partial charge on any atom is -0.354 e. The summed E-state index contributed by atoms with van der Waals surface area (Å²) in [5.41, 5.74) is 2.10. The van der Waals surface area contributed by atoms with Gasteiger partial charge in [-0.15, -0.1) is 0 Å². The number of anilines is 1. The fourth-order valence-electron chi connectivity index (χ4n) is 1.69. The van der Waals surface area contributed by atoms with Crippen LogP contribution in [-0.4, -0.2) is 36.7 Å². The number of aromatic nitrogens is 6. The average molecular weight is 241 g/mol. The van der Waals surface area contributed by atoms with Gasteiger partial charge in [-0.3, -0.25) is 15.1 Å². The Morgan fingerprint density at radius 1 is 1.22 bits per heavy atom. The van der Waals surface area contributed by atoms with Gasteiger partial charge in [0.25, 0.3) is 0 Å². The molecule has 7 heteroatoms. The molecule has 0 aliphatic carbocycles. The van der Waals surface area contributed by atoms with Gasteiger partial charge < -0.3 is 5.32 Å². The first-order valence-corrected chi connectivity index (χ1v) is 5.60. The van der Waals surface area contributed by atoms with E-state index < -0.39 is 0 Å². The molecule has 90 valence electrons. The third-order valence-corrected chi connectivity index (χ3v) is 2.45.